The van der Waals surface area contributed by atoms with E-state index in [9.17, 15) is 14.7 Å². The fraction of sp³-hybridized carbons (Fsp3) is 0.619. The Kier molecular flexibility index (Phi) is 6.01. The summed E-state index contributed by atoms with van der Waals surface area (Å²) in [7, 11) is 1.48. The van der Waals surface area contributed by atoms with Crippen molar-refractivity contribution in [3.63, 3.8) is 0 Å². The number of hydrogen-bond donors (Lipinski definition) is 2. The van der Waals surface area contributed by atoms with E-state index in [0.29, 0.717) is 30.8 Å². The molecular weight excluding hydrogens is 360 g/mol. The highest BCUT2D eigenvalue weighted by atomic mass is 16.6. The maximum Gasteiger partial charge on any atom is 0.410 e. The monoisotopic (exact) mass is 390 g/mol. The molecule has 1 aromatic rings. The molecule has 3 rings (SSSR count). The van der Waals surface area contributed by atoms with Crippen LogP contribution in [0.2, 0.25) is 0 Å². The molecule has 28 heavy (non-hydrogen) atoms. The number of carbonyl (C=O) groups excluding carboxylic acids is 2. The highest BCUT2D eigenvalue weighted by Crippen LogP contribution is 2.36. The molecule has 2 aliphatic rings. The van der Waals surface area contributed by atoms with Crippen LogP contribution in [-0.4, -0.2) is 48.3 Å². The van der Waals surface area contributed by atoms with Crippen LogP contribution >= 0.6 is 0 Å². The molecule has 0 aromatic heterocycles. The van der Waals surface area contributed by atoms with E-state index < -0.39 is 0 Å². The van der Waals surface area contributed by atoms with Gasteiger partial charge in [-0.1, -0.05) is 19.9 Å². The first-order valence-corrected chi connectivity index (χ1v) is 9.86. The van der Waals surface area contributed by atoms with Crippen molar-refractivity contribution >= 4 is 12.0 Å². The molecule has 1 heterocycles. The van der Waals surface area contributed by atoms with E-state index in [2.05, 4.69) is 19.2 Å². The van der Waals surface area contributed by atoms with Crippen molar-refractivity contribution in [2.45, 2.75) is 52.2 Å². The molecule has 2 N–H and O–H groups in total. The van der Waals surface area contributed by atoms with Crippen LogP contribution in [0.4, 0.5) is 4.79 Å². The Morgan fingerprint density at radius 3 is 2.57 bits per heavy atom. The Bertz CT molecular complexity index is 718. The van der Waals surface area contributed by atoms with Gasteiger partial charge in [0.15, 0.2) is 11.5 Å². The van der Waals surface area contributed by atoms with Crippen LogP contribution in [0.3, 0.4) is 0 Å². The van der Waals surface area contributed by atoms with Gasteiger partial charge in [0.25, 0.3) is 0 Å². The second-order valence-electron chi connectivity index (χ2n) is 8.57. The number of carbonyl (C=O) groups is 2. The summed E-state index contributed by atoms with van der Waals surface area (Å²) in [5.41, 5.74) is 1.17. The van der Waals surface area contributed by atoms with Crippen molar-refractivity contribution in [3.05, 3.63) is 23.8 Å². The normalized spacial score (nSPS) is 19.6. The third kappa shape index (κ3) is 4.88. The molecule has 2 amide bonds. The molecule has 154 valence electrons. The Labute approximate surface area is 166 Å². The van der Waals surface area contributed by atoms with Crippen molar-refractivity contribution in [1.29, 1.82) is 0 Å². The van der Waals surface area contributed by atoms with Crippen molar-refractivity contribution in [3.8, 4) is 11.5 Å². The summed E-state index contributed by atoms with van der Waals surface area (Å²) < 4.78 is 10.7. The fourth-order valence-corrected chi connectivity index (χ4v) is 3.67. The lowest BCUT2D eigenvalue weighted by molar-refractivity contribution is -0.129. The van der Waals surface area contributed by atoms with E-state index in [0.717, 1.165) is 31.2 Å². The minimum atomic E-state index is -0.308. The number of methoxy groups -OCH3 is 1. The number of likely N-dealkylation sites (tertiary alicyclic amines) is 1. The van der Waals surface area contributed by atoms with Crippen LogP contribution in [0.5, 0.6) is 11.5 Å². The predicted octanol–water partition coefficient (Wildman–Crippen LogP) is 3.05. The molecule has 1 saturated heterocycles. The molecule has 0 radical (unpaired) electrons. The van der Waals surface area contributed by atoms with Crippen LogP contribution in [0.25, 0.3) is 0 Å². The van der Waals surface area contributed by atoms with Gasteiger partial charge in [0.2, 0.25) is 5.91 Å². The Morgan fingerprint density at radius 2 is 1.93 bits per heavy atom. The quantitative estimate of drug-likeness (QED) is 0.807. The molecule has 1 aliphatic carbocycles. The second-order valence-corrected chi connectivity index (χ2v) is 8.57. The SMILES string of the molecule is COc1cc(CNC(=O)C2CN(C(=O)OC3CCC(C)(C)CC3)C2)ccc1O. The molecule has 1 saturated carbocycles. The molecule has 0 spiro atoms. The smallest absolute Gasteiger partial charge is 0.410 e. The lowest BCUT2D eigenvalue weighted by atomic mass is 9.76. The van der Waals surface area contributed by atoms with E-state index in [1.165, 1.54) is 13.2 Å². The second kappa shape index (κ2) is 8.29. The Balaban J connectivity index is 1.38. The molecule has 0 bridgehead atoms. The number of aromatic hydroxyl groups is 1. The number of rotatable bonds is 5. The van der Waals surface area contributed by atoms with Gasteiger partial charge in [-0.15, -0.1) is 0 Å². The average Bonchev–Trinajstić information content (AvgIpc) is 2.61. The van der Waals surface area contributed by atoms with Crippen molar-refractivity contribution in [2.75, 3.05) is 20.2 Å². The number of ether oxygens (including phenoxy) is 2. The lowest BCUT2D eigenvalue weighted by Gasteiger charge is -2.39. The maximum absolute atomic E-state index is 12.3. The van der Waals surface area contributed by atoms with E-state index in [-0.39, 0.29) is 29.8 Å². The van der Waals surface area contributed by atoms with Crippen molar-refractivity contribution in [1.82, 2.24) is 10.2 Å². The summed E-state index contributed by atoms with van der Waals surface area (Å²) in [6.07, 6.45) is 3.64. The zero-order valence-corrected chi connectivity index (χ0v) is 16.9. The molecule has 2 fully saturated rings. The van der Waals surface area contributed by atoms with Crippen molar-refractivity contribution in [2.24, 2.45) is 11.3 Å². The highest BCUT2D eigenvalue weighted by Gasteiger charge is 2.38. The van der Waals surface area contributed by atoms with Crippen molar-refractivity contribution < 1.29 is 24.2 Å². The van der Waals surface area contributed by atoms with Gasteiger partial charge < -0.3 is 24.8 Å². The largest absolute Gasteiger partial charge is 0.504 e. The van der Waals surface area contributed by atoms with Crippen LogP contribution in [0.15, 0.2) is 18.2 Å². The van der Waals surface area contributed by atoms with Crippen LogP contribution in [-0.2, 0) is 16.1 Å². The number of benzene rings is 1. The van der Waals surface area contributed by atoms with Gasteiger partial charge in [-0.3, -0.25) is 4.79 Å². The standard InChI is InChI=1S/C21H30N2O5/c1-21(2)8-6-16(7-9-21)28-20(26)23-12-15(13-23)19(25)22-11-14-4-5-17(24)18(10-14)27-3/h4-5,10,15-16,24H,6-9,11-13H2,1-3H3,(H,22,25). The van der Waals surface area contributed by atoms with Crippen LogP contribution < -0.4 is 10.1 Å². The number of amides is 2. The predicted molar refractivity (Wildman–Crippen MR) is 104 cm³/mol. The van der Waals surface area contributed by atoms with Crippen LogP contribution in [0, 0.1) is 11.3 Å². The highest BCUT2D eigenvalue weighted by molar-refractivity contribution is 5.82. The molecule has 1 aliphatic heterocycles. The summed E-state index contributed by atoms with van der Waals surface area (Å²) in [6.45, 7) is 5.62. The third-order valence-electron chi connectivity index (χ3n) is 5.78. The fourth-order valence-electron chi connectivity index (χ4n) is 3.67. The first-order chi connectivity index (χ1) is 13.3. The minimum Gasteiger partial charge on any atom is -0.504 e. The van der Waals surface area contributed by atoms with Gasteiger partial charge in [0.1, 0.15) is 6.10 Å². The summed E-state index contributed by atoms with van der Waals surface area (Å²) >= 11 is 0. The summed E-state index contributed by atoms with van der Waals surface area (Å²) in [5.74, 6) is 0.134. The first kappa shape index (κ1) is 20.3. The zero-order valence-electron chi connectivity index (χ0n) is 16.9. The number of nitrogens with zero attached hydrogens (tertiary/aromatic N) is 1. The zero-order chi connectivity index (χ0) is 20.3. The van der Waals surface area contributed by atoms with Gasteiger partial charge in [0.05, 0.1) is 13.0 Å². The summed E-state index contributed by atoms with van der Waals surface area (Å²) in [6, 6.07) is 4.95. The minimum absolute atomic E-state index is 0.00196. The van der Waals surface area contributed by atoms with E-state index in [1.54, 1.807) is 17.0 Å². The molecule has 0 unspecified atom stereocenters. The van der Waals surface area contributed by atoms with E-state index in [1.807, 2.05) is 0 Å². The third-order valence-corrected chi connectivity index (χ3v) is 5.78. The number of phenols is 1. The van der Waals surface area contributed by atoms with E-state index in [4.69, 9.17) is 9.47 Å². The average molecular weight is 390 g/mol. The molecule has 7 heteroatoms. The number of nitrogens with one attached hydrogen (secondary N) is 1. The Morgan fingerprint density at radius 1 is 1.25 bits per heavy atom. The van der Waals surface area contributed by atoms with Crippen LogP contribution in [0.1, 0.15) is 45.1 Å². The summed E-state index contributed by atoms with van der Waals surface area (Å²) in [4.78, 5) is 26.1. The van der Waals surface area contributed by atoms with Gasteiger partial charge >= 0.3 is 6.09 Å². The van der Waals surface area contributed by atoms with Gasteiger partial charge in [-0.2, -0.15) is 0 Å². The number of hydrogen-bond acceptors (Lipinski definition) is 5. The van der Waals surface area contributed by atoms with Gasteiger partial charge in [0, 0.05) is 19.6 Å². The molecule has 7 nitrogen and oxygen atoms in total. The lowest BCUT2D eigenvalue weighted by Crippen LogP contribution is -2.56. The maximum atomic E-state index is 12.3. The topological polar surface area (TPSA) is 88.1 Å². The molecular formula is C21H30N2O5. The van der Waals surface area contributed by atoms with Gasteiger partial charge in [-0.25, -0.2) is 4.79 Å². The Hall–Kier alpha value is -2.44. The van der Waals surface area contributed by atoms with E-state index >= 15 is 0 Å². The van der Waals surface area contributed by atoms with Gasteiger partial charge in [-0.05, 0) is 48.8 Å². The summed E-state index contributed by atoms with van der Waals surface area (Å²) in [5, 5.41) is 12.5. The first-order valence-electron chi connectivity index (χ1n) is 9.86. The molecule has 1 aromatic carbocycles. The molecule has 0 atom stereocenters. The number of phenolic OH excluding ortho intramolecular Hbond substituents is 1.